The predicted octanol–water partition coefficient (Wildman–Crippen LogP) is 5.92. The van der Waals surface area contributed by atoms with E-state index in [9.17, 15) is 0 Å². The van der Waals surface area contributed by atoms with Crippen LogP contribution in [0.25, 0.3) is 0 Å². The minimum absolute atomic E-state index is 0.0709. The Morgan fingerprint density at radius 2 is 1.13 bits per heavy atom. The van der Waals surface area contributed by atoms with Crippen LogP contribution in [0.2, 0.25) is 0 Å². The summed E-state index contributed by atoms with van der Waals surface area (Å²) >= 11 is 6.49. The zero-order valence-electron chi connectivity index (χ0n) is 10.9. The second-order valence-electron chi connectivity index (χ2n) is 5.03. The van der Waals surface area contributed by atoms with E-state index in [0.29, 0.717) is 0 Å². The molecule has 92 valence electrons. The van der Waals surface area contributed by atoms with Gasteiger partial charge in [-0.25, -0.2) is 0 Å². The molecule has 0 rings (SSSR count). The van der Waals surface area contributed by atoms with Crippen molar-refractivity contribution in [2.75, 3.05) is 0 Å². The van der Waals surface area contributed by atoms with Crippen LogP contribution in [-0.4, -0.2) is 4.87 Å². The number of alkyl halides is 1. The van der Waals surface area contributed by atoms with Crippen molar-refractivity contribution in [3.63, 3.8) is 0 Å². The summed E-state index contributed by atoms with van der Waals surface area (Å²) in [6.07, 6.45) is 13.1. The third kappa shape index (κ3) is 10.6. The maximum Gasteiger partial charge on any atom is 0.0418 e. The molecule has 1 heteroatoms. The molecule has 0 amide bonds. The summed E-state index contributed by atoms with van der Waals surface area (Å²) in [7, 11) is 0. The van der Waals surface area contributed by atoms with Gasteiger partial charge in [-0.05, 0) is 19.8 Å². The molecule has 15 heavy (non-hydrogen) atoms. The van der Waals surface area contributed by atoms with Gasteiger partial charge in [-0.15, -0.1) is 11.6 Å². The number of rotatable bonds is 10. The first-order valence-corrected chi connectivity index (χ1v) is 7.19. The van der Waals surface area contributed by atoms with Crippen LogP contribution in [0.5, 0.6) is 0 Å². The van der Waals surface area contributed by atoms with Crippen molar-refractivity contribution >= 4 is 11.6 Å². The Morgan fingerprint density at radius 1 is 0.733 bits per heavy atom. The molecule has 0 heterocycles. The van der Waals surface area contributed by atoms with Crippen molar-refractivity contribution < 1.29 is 0 Å². The highest BCUT2D eigenvalue weighted by Crippen LogP contribution is 2.28. The zero-order chi connectivity index (χ0) is 11.6. The smallest absolute Gasteiger partial charge is 0.0418 e. The molecule has 0 aliphatic carbocycles. The lowest BCUT2D eigenvalue weighted by atomic mass is 9.95. The van der Waals surface area contributed by atoms with Gasteiger partial charge in [0.1, 0.15) is 0 Å². The predicted molar refractivity (Wildman–Crippen MR) is 71.8 cm³/mol. The Bertz CT molecular complexity index is 115. The van der Waals surface area contributed by atoms with Crippen LogP contribution in [-0.2, 0) is 0 Å². The van der Waals surface area contributed by atoms with Crippen molar-refractivity contribution in [3.8, 4) is 0 Å². The number of hydrogen-bond acceptors (Lipinski definition) is 0. The van der Waals surface area contributed by atoms with E-state index in [-0.39, 0.29) is 4.87 Å². The Hall–Kier alpha value is 0.290. The molecule has 0 aromatic carbocycles. The van der Waals surface area contributed by atoms with Gasteiger partial charge >= 0.3 is 0 Å². The third-order valence-corrected chi connectivity index (χ3v) is 3.48. The Morgan fingerprint density at radius 3 is 1.47 bits per heavy atom. The normalized spacial score (nSPS) is 12.0. The lowest BCUT2D eigenvalue weighted by Crippen LogP contribution is -2.15. The lowest BCUT2D eigenvalue weighted by molar-refractivity contribution is 0.466. The van der Waals surface area contributed by atoms with Crippen molar-refractivity contribution in [2.45, 2.75) is 89.9 Å². The quantitative estimate of drug-likeness (QED) is 0.324. The highest BCUT2D eigenvalue weighted by molar-refractivity contribution is 6.23. The van der Waals surface area contributed by atoms with Gasteiger partial charge in [0.25, 0.3) is 0 Å². The van der Waals surface area contributed by atoms with Crippen LogP contribution < -0.4 is 0 Å². The van der Waals surface area contributed by atoms with Gasteiger partial charge in [0, 0.05) is 4.87 Å². The van der Waals surface area contributed by atoms with Gasteiger partial charge in [-0.3, -0.25) is 0 Å². The molecule has 0 radical (unpaired) electrons. The fourth-order valence-corrected chi connectivity index (χ4v) is 2.23. The highest BCUT2D eigenvalue weighted by Gasteiger charge is 2.19. The Kier molecular flexibility index (Phi) is 9.70. The van der Waals surface area contributed by atoms with E-state index in [4.69, 9.17) is 11.6 Å². The van der Waals surface area contributed by atoms with Crippen LogP contribution in [0.4, 0.5) is 0 Å². The summed E-state index contributed by atoms with van der Waals surface area (Å²) < 4.78 is 0. The van der Waals surface area contributed by atoms with Crippen LogP contribution in [0.3, 0.4) is 0 Å². The minimum atomic E-state index is 0.0709. The average molecular weight is 233 g/mol. The number of unbranched alkanes of at least 4 members (excludes halogenated alkanes) is 6. The molecule has 0 aliphatic rings. The molecule has 0 unspecified atom stereocenters. The van der Waals surface area contributed by atoms with E-state index in [2.05, 4.69) is 20.8 Å². The molecule has 0 aromatic rings. The second-order valence-corrected chi connectivity index (χ2v) is 5.95. The first-order chi connectivity index (χ1) is 7.12. The van der Waals surface area contributed by atoms with Crippen molar-refractivity contribution in [2.24, 2.45) is 0 Å². The van der Waals surface area contributed by atoms with E-state index in [1.54, 1.807) is 0 Å². The molecule has 0 nitrogen and oxygen atoms in total. The summed E-state index contributed by atoms with van der Waals surface area (Å²) in [6, 6.07) is 0. The van der Waals surface area contributed by atoms with Crippen LogP contribution >= 0.6 is 11.6 Å². The molecule has 0 aromatic heterocycles. The SMILES string of the molecule is CCCCCCC(C)(Cl)CCCCCC. The highest BCUT2D eigenvalue weighted by atomic mass is 35.5. The van der Waals surface area contributed by atoms with Crippen molar-refractivity contribution in [1.82, 2.24) is 0 Å². The molecule has 0 N–H and O–H groups in total. The molecule has 0 spiro atoms. The second kappa shape index (κ2) is 9.51. The van der Waals surface area contributed by atoms with E-state index >= 15 is 0 Å². The topological polar surface area (TPSA) is 0 Å². The first kappa shape index (κ1) is 15.3. The maximum atomic E-state index is 6.49. The summed E-state index contributed by atoms with van der Waals surface area (Å²) in [5.41, 5.74) is 0. The van der Waals surface area contributed by atoms with Gasteiger partial charge in [0.15, 0.2) is 0 Å². The Balaban J connectivity index is 3.40. The van der Waals surface area contributed by atoms with E-state index in [0.717, 1.165) is 0 Å². The lowest BCUT2D eigenvalue weighted by Gasteiger charge is -2.21. The van der Waals surface area contributed by atoms with Gasteiger partial charge < -0.3 is 0 Å². The maximum absolute atomic E-state index is 6.49. The summed E-state index contributed by atoms with van der Waals surface area (Å²) in [5, 5.41) is 0. The van der Waals surface area contributed by atoms with Gasteiger partial charge in [-0.2, -0.15) is 0 Å². The summed E-state index contributed by atoms with van der Waals surface area (Å²) in [4.78, 5) is 0.0709. The van der Waals surface area contributed by atoms with Gasteiger partial charge in [-0.1, -0.05) is 65.2 Å². The average Bonchev–Trinajstić information content (AvgIpc) is 2.20. The Labute approximate surface area is 102 Å². The first-order valence-electron chi connectivity index (χ1n) is 6.81. The van der Waals surface area contributed by atoms with E-state index in [1.807, 2.05) is 0 Å². The fraction of sp³-hybridized carbons (Fsp3) is 1.00. The summed E-state index contributed by atoms with van der Waals surface area (Å²) in [6.45, 7) is 6.72. The standard InChI is InChI=1S/C14H29Cl/c1-4-6-8-10-12-14(3,15)13-11-9-7-5-2/h4-13H2,1-3H3. The molecular weight excluding hydrogens is 204 g/mol. The molecule has 0 bridgehead atoms. The largest absolute Gasteiger partial charge is 0.120 e. The molecule has 0 saturated carbocycles. The number of halogens is 1. The zero-order valence-corrected chi connectivity index (χ0v) is 11.7. The van der Waals surface area contributed by atoms with E-state index < -0.39 is 0 Å². The molecular formula is C14H29Cl. The van der Waals surface area contributed by atoms with Crippen molar-refractivity contribution in [1.29, 1.82) is 0 Å². The molecule has 0 fully saturated rings. The number of hydrogen-bond donors (Lipinski definition) is 0. The third-order valence-electron chi connectivity index (χ3n) is 3.10. The van der Waals surface area contributed by atoms with Crippen molar-refractivity contribution in [3.05, 3.63) is 0 Å². The van der Waals surface area contributed by atoms with Crippen LogP contribution in [0.1, 0.15) is 85.0 Å². The van der Waals surface area contributed by atoms with Crippen LogP contribution in [0, 0.1) is 0 Å². The van der Waals surface area contributed by atoms with Crippen LogP contribution in [0.15, 0.2) is 0 Å². The molecule has 0 atom stereocenters. The van der Waals surface area contributed by atoms with Gasteiger partial charge in [0.05, 0.1) is 0 Å². The fourth-order valence-electron chi connectivity index (χ4n) is 1.97. The minimum Gasteiger partial charge on any atom is -0.120 e. The monoisotopic (exact) mass is 232 g/mol. The summed E-state index contributed by atoms with van der Waals surface area (Å²) in [5.74, 6) is 0. The molecule has 0 saturated heterocycles. The van der Waals surface area contributed by atoms with Gasteiger partial charge in [0.2, 0.25) is 0 Å². The molecule has 0 aliphatic heterocycles. The van der Waals surface area contributed by atoms with E-state index in [1.165, 1.54) is 64.2 Å².